The summed E-state index contributed by atoms with van der Waals surface area (Å²) in [6.07, 6.45) is 10.9. The molecule has 32 heavy (non-hydrogen) atoms. The number of nitrogens with one attached hydrogen (secondary N) is 2. The number of aliphatic carboxylic acids is 1. The minimum Gasteiger partial charge on any atom is -0.508 e. The lowest BCUT2D eigenvalue weighted by atomic mass is 10.0. The van der Waals surface area contributed by atoms with Crippen molar-refractivity contribution in [2.75, 3.05) is 6.54 Å². The minimum absolute atomic E-state index is 0.106. The molecule has 0 radical (unpaired) electrons. The van der Waals surface area contributed by atoms with Crippen LogP contribution in [-0.2, 0) is 20.8 Å². The average Bonchev–Trinajstić information content (AvgIpc) is 2.76. The first-order valence-corrected chi connectivity index (χ1v) is 11.0. The van der Waals surface area contributed by atoms with Gasteiger partial charge in [-0.3, -0.25) is 9.59 Å². The van der Waals surface area contributed by atoms with E-state index in [0.29, 0.717) is 19.4 Å². The molecule has 0 saturated heterocycles. The number of rotatable bonds is 15. The Morgan fingerprint density at radius 3 is 2.41 bits per heavy atom. The highest BCUT2D eigenvalue weighted by Crippen LogP contribution is 2.12. The predicted molar refractivity (Wildman–Crippen MR) is 124 cm³/mol. The summed E-state index contributed by atoms with van der Waals surface area (Å²) in [6, 6.07) is 4.99. The lowest BCUT2D eigenvalue weighted by Gasteiger charge is -2.21. The van der Waals surface area contributed by atoms with Crippen LogP contribution < -0.4 is 16.4 Å². The summed E-state index contributed by atoms with van der Waals surface area (Å²) in [6.45, 7) is 2.51. The summed E-state index contributed by atoms with van der Waals surface area (Å²) in [5.74, 6) is -1.81. The number of aromatic hydroxyl groups is 1. The molecular formula is C24H35N3O5. The maximum atomic E-state index is 13.0. The molecule has 2 atom stereocenters. The Morgan fingerprint density at radius 2 is 1.78 bits per heavy atom. The predicted octanol–water partition coefficient (Wildman–Crippen LogP) is 2.42. The molecule has 1 unspecified atom stereocenters. The number of amides is 2. The lowest BCUT2D eigenvalue weighted by molar-refractivity contribution is -0.131. The zero-order chi connectivity index (χ0) is 23.8. The Labute approximate surface area is 189 Å². The largest absolute Gasteiger partial charge is 0.508 e. The Hall–Kier alpha value is -3.13. The molecule has 1 aromatic rings. The minimum atomic E-state index is -1.11. The van der Waals surface area contributed by atoms with Gasteiger partial charge >= 0.3 is 5.97 Å². The number of hydrogen-bond donors (Lipinski definition) is 5. The van der Waals surface area contributed by atoms with Gasteiger partial charge in [0.05, 0.1) is 0 Å². The van der Waals surface area contributed by atoms with E-state index in [4.69, 9.17) is 10.8 Å². The van der Waals surface area contributed by atoms with Crippen molar-refractivity contribution in [2.24, 2.45) is 5.73 Å². The lowest BCUT2D eigenvalue weighted by Crippen LogP contribution is -2.50. The second kappa shape index (κ2) is 15.6. The van der Waals surface area contributed by atoms with Crippen molar-refractivity contribution >= 4 is 17.8 Å². The Balaban J connectivity index is 2.90. The number of carboxylic acids is 1. The van der Waals surface area contributed by atoms with Crippen molar-refractivity contribution in [3.8, 4) is 5.75 Å². The molecule has 0 heterocycles. The summed E-state index contributed by atoms with van der Waals surface area (Å²) in [5, 5.41) is 23.9. The molecule has 0 fully saturated rings. The number of phenols is 1. The Morgan fingerprint density at radius 1 is 1.06 bits per heavy atom. The molecule has 0 spiro atoms. The SMILES string of the molecule is CCCCC/C=C/C(=O)NC(Cc1ccc(O)cc1)C(=O)N[C@H](/C=C/C(=O)O)CCCN. The fraction of sp³-hybridized carbons (Fsp3) is 0.458. The summed E-state index contributed by atoms with van der Waals surface area (Å²) in [5.41, 5.74) is 6.30. The number of unbranched alkanes of at least 4 members (excludes halogenated alkanes) is 3. The topological polar surface area (TPSA) is 142 Å². The molecule has 1 rings (SSSR count). The number of allylic oxidation sites excluding steroid dienone is 1. The molecule has 8 nitrogen and oxygen atoms in total. The zero-order valence-corrected chi connectivity index (χ0v) is 18.6. The third-order valence-corrected chi connectivity index (χ3v) is 4.77. The molecule has 1 aromatic carbocycles. The second-order valence-corrected chi connectivity index (χ2v) is 7.57. The van der Waals surface area contributed by atoms with E-state index in [2.05, 4.69) is 17.6 Å². The van der Waals surface area contributed by atoms with Gasteiger partial charge in [0, 0.05) is 18.5 Å². The van der Waals surface area contributed by atoms with Gasteiger partial charge in [0.2, 0.25) is 11.8 Å². The summed E-state index contributed by atoms with van der Waals surface area (Å²) in [7, 11) is 0. The van der Waals surface area contributed by atoms with Crippen LogP contribution in [0.2, 0.25) is 0 Å². The summed E-state index contributed by atoms with van der Waals surface area (Å²) >= 11 is 0. The first kappa shape index (κ1) is 26.9. The van der Waals surface area contributed by atoms with Crippen LogP contribution in [0.5, 0.6) is 5.75 Å². The third kappa shape index (κ3) is 11.9. The van der Waals surface area contributed by atoms with Crippen molar-refractivity contribution in [1.82, 2.24) is 10.6 Å². The first-order chi connectivity index (χ1) is 15.3. The van der Waals surface area contributed by atoms with Crippen molar-refractivity contribution in [3.05, 3.63) is 54.1 Å². The van der Waals surface area contributed by atoms with Crippen LogP contribution in [0.1, 0.15) is 51.0 Å². The smallest absolute Gasteiger partial charge is 0.328 e. The molecule has 0 aliphatic rings. The molecule has 8 heteroatoms. The number of nitrogens with two attached hydrogens (primary N) is 1. The maximum absolute atomic E-state index is 13.0. The highest BCUT2D eigenvalue weighted by Gasteiger charge is 2.22. The summed E-state index contributed by atoms with van der Waals surface area (Å²) in [4.78, 5) is 36.2. The van der Waals surface area contributed by atoms with E-state index in [1.165, 1.54) is 24.3 Å². The number of carbonyl (C=O) groups excluding carboxylic acids is 2. The molecule has 2 amide bonds. The molecule has 0 aliphatic heterocycles. The molecular weight excluding hydrogens is 410 g/mol. The van der Waals surface area contributed by atoms with Crippen molar-refractivity contribution in [3.63, 3.8) is 0 Å². The van der Waals surface area contributed by atoms with Crippen LogP contribution in [0.15, 0.2) is 48.6 Å². The first-order valence-electron chi connectivity index (χ1n) is 11.0. The van der Waals surface area contributed by atoms with Gasteiger partial charge in [0.1, 0.15) is 11.8 Å². The highest BCUT2D eigenvalue weighted by atomic mass is 16.4. The van der Waals surface area contributed by atoms with Crippen LogP contribution in [0.25, 0.3) is 0 Å². The molecule has 0 bridgehead atoms. The van der Waals surface area contributed by atoms with Gasteiger partial charge in [-0.05, 0) is 56.0 Å². The van der Waals surface area contributed by atoms with Gasteiger partial charge in [-0.2, -0.15) is 0 Å². The second-order valence-electron chi connectivity index (χ2n) is 7.57. The molecule has 0 aliphatic carbocycles. The van der Waals surface area contributed by atoms with Gasteiger partial charge in [-0.1, -0.05) is 44.1 Å². The van der Waals surface area contributed by atoms with Gasteiger partial charge in [-0.15, -0.1) is 0 Å². The molecule has 176 valence electrons. The molecule has 0 aromatic heterocycles. The Bertz CT molecular complexity index is 774. The van der Waals surface area contributed by atoms with E-state index >= 15 is 0 Å². The number of phenolic OH excluding ortho intramolecular Hbond substituents is 1. The van der Waals surface area contributed by atoms with E-state index in [-0.39, 0.29) is 18.1 Å². The van der Waals surface area contributed by atoms with Crippen molar-refractivity contribution < 1.29 is 24.6 Å². The van der Waals surface area contributed by atoms with Crippen molar-refractivity contribution in [1.29, 1.82) is 0 Å². The van der Waals surface area contributed by atoms with Gasteiger partial charge < -0.3 is 26.6 Å². The van der Waals surface area contributed by atoms with E-state index < -0.39 is 24.0 Å². The van der Waals surface area contributed by atoms with Gasteiger partial charge in [0.25, 0.3) is 0 Å². The van der Waals surface area contributed by atoms with E-state index in [1.54, 1.807) is 18.2 Å². The van der Waals surface area contributed by atoms with Crippen molar-refractivity contribution in [2.45, 2.75) is 64.0 Å². The zero-order valence-electron chi connectivity index (χ0n) is 18.6. The summed E-state index contributed by atoms with van der Waals surface area (Å²) < 4.78 is 0. The molecule has 6 N–H and O–H groups in total. The van der Waals surface area contributed by atoms with Gasteiger partial charge in [0.15, 0.2) is 0 Å². The fourth-order valence-electron chi connectivity index (χ4n) is 3.04. The van der Waals surface area contributed by atoms with Crippen LogP contribution in [0.4, 0.5) is 0 Å². The standard InChI is InChI=1S/C24H35N3O5/c1-2-3-4-5-6-9-22(29)27-21(17-18-10-13-20(28)14-11-18)24(32)26-19(8-7-16-25)12-15-23(30)31/h6,9-15,19,21,28H,2-5,7-8,16-17,25H2,1H3,(H,26,32)(H,27,29)(H,30,31)/b9-6+,15-12+/t19-,21?/m0/s1. The average molecular weight is 446 g/mol. The number of hydrogen-bond acceptors (Lipinski definition) is 5. The highest BCUT2D eigenvalue weighted by molar-refractivity contribution is 5.93. The van der Waals surface area contributed by atoms with E-state index in [9.17, 15) is 19.5 Å². The van der Waals surface area contributed by atoms with Crippen LogP contribution in [-0.4, -0.2) is 46.6 Å². The van der Waals surface area contributed by atoms with Crippen LogP contribution in [0.3, 0.4) is 0 Å². The van der Waals surface area contributed by atoms with Crippen LogP contribution in [0, 0.1) is 0 Å². The number of carboxylic acid groups (broad SMARTS) is 1. The Kier molecular flexibility index (Phi) is 13.1. The van der Waals surface area contributed by atoms with E-state index in [1.807, 2.05) is 0 Å². The number of carbonyl (C=O) groups is 3. The monoisotopic (exact) mass is 445 g/mol. The quantitative estimate of drug-likeness (QED) is 0.207. The normalized spacial score (nSPS) is 13.2. The fourth-order valence-corrected chi connectivity index (χ4v) is 3.04. The van der Waals surface area contributed by atoms with Crippen LogP contribution >= 0.6 is 0 Å². The maximum Gasteiger partial charge on any atom is 0.328 e. The third-order valence-electron chi connectivity index (χ3n) is 4.77. The van der Waals surface area contributed by atoms with E-state index in [0.717, 1.165) is 37.3 Å². The number of benzene rings is 1. The molecule has 0 saturated carbocycles. The van der Waals surface area contributed by atoms with Gasteiger partial charge in [-0.25, -0.2) is 4.79 Å².